The first-order valence-corrected chi connectivity index (χ1v) is 19.2. The standard InChI is InChI=1S/C47H32N3OP/c51-52(37-16-6-2-7-17-37,38-18-8-3-9-19-38)39-30-36(31-48-32-39)50-45-23-13-11-21-41(45)43-29-34(25-27-47(43)50)33-24-26-46-42(28-33)40-20-10-12-22-44(40)49(46)35-14-4-1-5-15-35/h1-32H. The van der Waals surface area contributed by atoms with E-state index in [1.165, 1.54) is 21.8 Å². The fraction of sp³-hybridized carbons (Fsp3) is 0. The third kappa shape index (κ3) is 4.69. The summed E-state index contributed by atoms with van der Waals surface area (Å²) >= 11 is 0. The van der Waals surface area contributed by atoms with Crippen molar-refractivity contribution >= 4 is 66.7 Å². The van der Waals surface area contributed by atoms with Gasteiger partial charge in [-0.1, -0.05) is 127 Å². The molecule has 5 heteroatoms. The predicted molar refractivity (Wildman–Crippen MR) is 218 cm³/mol. The van der Waals surface area contributed by atoms with E-state index in [0.717, 1.165) is 54.9 Å². The molecule has 0 unspecified atom stereocenters. The van der Waals surface area contributed by atoms with E-state index in [1.807, 2.05) is 66.9 Å². The van der Waals surface area contributed by atoms with E-state index >= 15 is 4.57 Å². The highest BCUT2D eigenvalue weighted by Gasteiger charge is 2.30. The van der Waals surface area contributed by atoms with Gasteiger partial charge in [-0.2, -0.15) is 0 Å². The van der Waals surface area contributed by atoms with E-state index in [-0.39, 0.29) is 0 Å². The molecule has 0 atom stereocenters. The Morgan fingerprint density at radius 1 is 0.365 bits per heavy atom. The SMILES string of the molecule is O=P(c1ccccc1)(c1ccccc1)c1cncc(-n2c3ccccc3c3cc(-c4ccc5c(c4)c4ccccc4n5-c4ccccc4)ccc32)c1. The van der Waals surface area contributed by atoms with Crippen molar-refractivity contribution in [1.29, 1.82) is 0 Å². The lowest BCUT2D eigenvalue weighted by Gasteiger charge is -2.20. The number of pyridine rings is 1. The second-order valence-electron chi connectivity index (χ2n) is 13.2. The summed E-state index contributed by atoms with van der Waals surface area (Å²) in [5.74, 6) is 0. The normalized spacial score (nSPS) is 11.9. The zero-order valence-electron chi connectivity index (χ0n) is 28.2. The Morgan fingerprint density at radius 2 is 0.808 bits per heavy atom. The molecule has 0 aliphatic carbocycles. The van der Waals surface area contributed by atoms with Crippen LogP contribution >= 0.6 is 7.14 Å². The third-order valence-corrected chi connectivity index (χ3v) is 13.3. The summed E-state index contributed by atoms with van der Waals surface area (Å²) < 4.78 is 19.9. The van der Waals surface area contributed by atoms with Gasteiger partial charge in [0.2, 0.25) is 0 Å². The molecule has 0 aliphatic rings. The zero-order valence-corrected chi connectivity index (χ0v) is 29.1. The number of aromatic nitrogens is 3. The van der Waals surface area contributed by atoms with Crippen molar-refractivity contribution in [2.24, 2.45) is 0 Å². The van der Waals surface area contributed by atoms with Gasteiger partial charge in [0.1, 0.15) is 0 Å². The zero-order chi connectivity index (χ0) is 34.6. The summed E-state index contributed by atoms with van der Waals surface area (Å²) in [6.07, 6.45) is 3.64. The topological polar surface area (TPSA) is 39.8 Å². The molecular weight excluding hydrogens is 654 g/mol. The predicted octanol–water partition coefficient (Wildman–Crippen LogP) is 10.6. The second kappa shape index (κ2) is 12.1. The molecule has 0 bridgehead atoms. The smallest absolute Gasteiger partial charge is 0.172 e. The minimum Gasteiger partial charge on any atom is -0.309 e. The lowest BCUT2D eigenvalue weighted by molar-refractivity contribution is 0.592. The number of hydrogen-bond acceptors (Lipinski definition) is 2. The maximum Gasteiger partial charge on any atom is 0.172 e. The molecule has 0 saturated carbocycles. The molecule has 0 radical (unpaired) electrons. The van der Waals surface area contributed by atoms with Crippen molar-refractivity contribution in [1.82, 2.24) is 14.1 Å². The molecule has 3 aromatic heterocycles. The lowest BCUT2D eigenvalue weighted by atomic mass is 10.0. The first-order valence-electron chi connectivity index (χ1n) is 17.5. The monoisotopic (exact) mass is 685 g/mol. The van der Waals surface area contributed by atoms with Gasteiger partial charge >= 0.3 is 0 Å². The highest BCUT2D eigenvalue weighted by molar-refractivity contribution is 7.85. The van der Waals surface area contributed by atoms with Gasteiger partial charge in [0.25, 0.3) is 0 Å². The van der Waals surface area contributed by atoms with Crippen LogP contribution in [0.2, 0.25) is 0 Å². The first-order chi connectivity index (χ1) is 25.7. The Bertz CT molecular complexity index is 2940. The molecule has 10 rings (SSSR count). The van der Waals surface area contributed by atoms with Crippen LogP contribution in [0.15, 0.2) is 194 Å². The van der Waals surface area contributed by atoms with Crippen LogP contribution in [0.4, 0.5) is 0 Å². The van der Waals surface area contributed by atoms with Gasteiger partial charge in [-0.05, 0) is 65.7 Å². The van der Waals surface area contributed by atoms with Gasteiger partial charge in [-0.3, -0.25) is 4.98 Å². The third-order valence-electron chi connectivity index (χ3n) is 10.3. The van der Waals surface area contributed by atoms with Crippen LogP contribution in [0.3, 0.4) is 0 Å². The van der Waals surface area contributed by atoms with E-state index in [1.54, 1.807) is 6.20 Å². The average Bonchev–Trinajstić information content (AvgIpc) is 3.74. The molecule has 3 heterocycles. The van der Waals surface area contributed by atoms with Gasteiger partial charge in [0.15, 0.2) is 7.14 Å². The van der Waals surface area contributed by atoms with Gasteiger partial charge < -0.3 is 13.7 Å². The van der Waals surface area contributed by atoms with E-state index < -0.39 is 7.14 Å². The van der Waals surface area contributed by atoms with Crippen LogP contribution in [0.1, 0.15) is 0 Å². The molecule has 0 amide bonds. The number of fused-ring (bicyclic) bond motifs is 6. The Balaban J connectivity index is 1.14. The number of para-hydroxylation sites is 3. The molecule has 0 fully saturated rings. The minimum absolute atomic E-state index is 0.702. The van der Waals surface area contributed by atoms with Crippen LogP contribution in [-0.2, 0) is 4.57 Å². The lowest BCUT2D eigenvalue weighted by Crippen LogP contribution is -2.25. The maximum absolute atomic E-state index is 15.3. The quantitative estimate of drug-likeness (QED) is 0.164. The number of nitrogens with zero attached hydrogens (tertiary/aromatic N) is 3. The van der Waals surface area contributed by atoms with E-state index in [0.29, 0.717) is 5.30 Å². The molecule has 52 heavy (non-hydrogen) atoms. The first kappa shape index (κ1) is 30.4. The summed E-state index contributed by atoms with van der Waals surface area (Å²) in [4.78, 5) is 4.72. The molecule has 0 saturated heterocycles. The van der Waals surface area contributed by atoms with Gasteiger partial charge in [0.05, 0.1) is 34.0 Å². The van der Waals surface area contributed by atoms with Crippen molar-refractivity contribution in [2.45, 2.75) is 0 Å². The van der Waals surface area contributed by atoms with Crippen molar-refractivity contribution in [3.8, 4) is 22.5 Å². The minimum atomic E-state index is -3.21. The molecule has 246 valence electrons. The van der Waals surface area contributed by atoms with Crippen LogP contribution in [-0.4, -0.2) is 14.1 Å². The van der Waals surface area contributed by atoms with E-state index in [4.69, 9.17) is 4.98 Å². The molecule has 7 aromatic carbocycles. The molecule has 0 N–H and O–H groups in total. The molecule has 10 aromatic rings. The van der Waals surface area contributed by atoms with E-state index in [9.17, 15) is 0 Å². The van der Waals surface area contributed by atoms with Crippen molar-refractivity contribution in [2.75, 3.05) is 0 Å². The van der Waals surface area contributed by atoms with Crippen LogP contribution in [0, 0.1) is 0 Å². The molecule has 0 aliphatic heterocycles. The highest BCUT2D eigenvalue weighted by atomic mass is 31.2. The Hall–Kier alpha value is -6.48. The fourth-order valence-electron chi connectivity index (χ4n) is 7.87. The van der Waals surface area contributed by atoms with Crippen molar-refractivity contribution < 1.29 is 4.57 Å². The van der Waals surface area contributed by atoms with Gasteiger partial charge in [-0.25, -0.2) is 0 Å². The number of benzene rings is 7. The average molecular weight is 686 g/mol. The highest BCUT2D eigenvalue weighted by Crippen LogP contribution is 2.43. The summed E-state index contributed by atoms with van der Waals surface area (Å²) in [6, 6.07) is 62.9. The largest absolute Gasteiger partial charge is 0.309 e. The molecule has 4 nitrogen and oxygen atoms in total. The van der Waals surface area contributed by atoms with Gasteiger partial charge in [-0.15, -0.1) is 0 Å². The summed E-state index contributed by atoms with van der Waals surface area (Å²) in [5.41, 5.74) is 8.86. The summed E-state index contributed by atoms with van der Waals surface area (Å²) in [6.45, 7) is 0. The number of hydrogen-bond donors (Lipinski definition) is 0. The Kier molecular flexibility index (Phi) is 7.06. The number of rotatable bonds is 6. The maximum atomic E-state index is 15.3. The fourth-order valence-corrected chi connectivity index (χ4v) is 10.5. The van der Waals surface area contributed by atoms with Crippen molar-refractivity contribution in [3.05, 3.63) is 194 Å². The summed E-state index contributed by atoms with van der Waals surface area (Å²) in [7, 11) is -3.21. The van der Waals surface area contributed by atoms with Crippen molar-refractivity contribution in [3.63, 3.8) is 0 Å². The molecule has 0 spiro atoms. The van der Waals surface area contributed by atoms with Crippen LogP contribution < -0.4 is 15.9 Å². The molecular formula is C47H32N3OP. The van der Waals surface area contributed by atoms with E-state index in [2.05, 4.69) is 130 Å². The second-order valence-corrected chi connectivity index (χ2v) is 16.0. The van der Waals surface area contributed by atoms with Crippen LogP contribution in [0.25, 0.3) is 66.1 Å². The Morgan fingerprint density at radius 3 is 1.35 bits per heavy atom. The van der Waals surface area contributed by atoms with Gasteiger partial charge in [0, 0.05) is 49.3 Å². The van der Waals surface area contributed by atoms with Crippen LogP contribution in [0.5, 0.6) is 0 Å². The summed E-state index contributed by atoms with van der Waals surface area (Å²) in [5, 5.41) is 7.04. The Labute approximate surface area is 301 Å².